The van der Waals surface area contributed by atoms with Crippen molar-refractivity contribution in [1.82, 2.24) is 5.43 Å². The SMILES string of the molecule is Cc1cccc(C=NNC(=O)C(=O)Nc2cccc(Br)c2)c1. The van der Waals surface area contributed by atoms with Crippen molar-refractivity contribution in [3.05, 3.63) is 64.1 Å². The molecule has 0 aliphatic carbocycles. The molecular weight excluding hydrogens is 346 g/mol. The predicted molar refractivity (Wildman–Crippen MR) is 89.7 cm³/mol. The van der Waals surface area contributed by atoms with Crippen molar-refractivity contribution in [2.75, 3.05) is 5.32 Å². The van der Waals surface area contributed by atoms with Crippen molar-refractivity contribution in [1.29, 1.82) is 0 Å². The largest absolute Gasteiger partial charge is 0.329 e. The van der Waals surface area contributed by atoms with Gasteiger partial charge in [-0.1, -0.05) is 51.8 Å². The molecule has 0 saturated heterocycles. The average Bonchev–Trinajstić information content (AvgIpc) is 2.47. The van der Waals surface area contributed by atoms with Crippen LogP contribution in [0.5, 0.6) is 0 Å². The number of carbonyl (C=O) groups is 2. The predicted octanol–water partition coefficient (Wildman–Crippen LogP) is 2.85. The maximum atomic E-state index is 11.7. The smallest absolute Gasteiger partial charge is 0.318 e. The zero-order valence-corrected chi connectivity index (χ0v) is 13.4. The standard InChI is InChI=1S/C16H14BrN3O2/c1-11-4-2-5-12(8-11)10-18-20-16(22)15(21)19-14-7-3-6-13(17)9-14/h2-10H,1H3,(H,19,21)(H,20,22). The third-order valence-electron chi connectivity index (χ3n) is 2.71. The third-order valence-corrected chi connectivity index (χ3v) is 3.20. The number of benzene rings is 2. The molecule has 0 fully saturated rings. The number of nitrogens with one attached hydrogen (secondary N) is 2. The summed E-state index contributed by atoms with van der Waals surface area (Å²) in [4.78, 5) is 23.3. The van der Waals surface area contributed by atoms with Gasteiger partial charge in [0.05, 0.1) is 6.21 Å². The van der Waals surface area contributed by atoms with Crippen molar-refractivity contribution < 1.29 is 9.59 Å². The Bertz CT molecular complexity index is 729. The Morgan fingerprint density at radius 3 is 2.59 bits per heavy atom. The van der Waals surface area contributed by atoms with E-state index in [9.17, 15) is 9.59 Å². The highest BCUT2D eigenvalue weighted by molar-refractivity contribution is 9.10. The van der Waals surface area contributed by atoms with E-state index in [-0.39, 0.29) is 0 Å². The normalized spacial score (nSPS) is 10.5. The second kappa shape index (κ2) is 7.51. The topological polar surface area (TPSA) is 70.6 Å². The van der Waals surface area contributed by atoms with Crippen LogP contribution in [0.25, 0.3) is 0 Å². The second-order valence-corrected chi connectivity index (χ2v) is 5.49. The number of anilines is 1. The molecule has 2 amide bonds. The van der Waals surface area contributed by atoms with Crippen LogP contribution < -0.4 is 10.7 Å². The quantitative estimate of drug-likeness (QED) is 0.502. The number of carbonyl (C=O) groups excluding carboxylic acids is 2. The van der Waals surface area contributed by atoms with Crippen molar-refractivity contribution in [3.63, 3.8) is 0 Å². The van der Waals surface area contributed by atoms with E-state index < -0.39 is 11.8 Å². The summed E-state index contributed by atoms with van der Waals surface area (Å²) in [5.74, 6) is -1.61. The van der Waals surface area contributed by atoms with Crippen LogP contribution in [-0.4, -0.2) is 18.0 Å². The van der Waals surface area contributed by atoms with Gasteiger partial charge in [0.25, 0.3) is 0 Å². The molecule has 6 heteroatoms. The minimum absolute atomic E-state index is 0.525. The first-order chi connectivity index (χ1) is 10.5. The van der Waals surface area contributed by atoms with Gasteiger partial charge in [-0.3, -0.25) is 9.59 Å². The first kappa shape index (κ1) is 15.9. The Morgan fingerprint density at radius 2 is 1.86 bits per heavy atom. The van der Waals surface area contributed by atoms with Crippen molar-refractivity contribution in [2.24, 2.45) is 5.10 Å². The van der Waals surface area contributed by atoms with E-state index in [0.29, 0.717) is 5.69 Å². The lowest BCUT2D eigenvalue weighted by molar-refractivity contribution is -0.136. The molecule has 0 spiro atoms. The van der Waals surface area contributed by atoms with Gasteiger partial charge in [0.1, 0.15) is 0 Å². The van der Waals surface area contributed by atoms with Gasteiger partial charge in [0.15, 0.2) is 0 Å². The highest BCUT2D eigenvalue weighted by Crippen LogP contribution is 2.15. The number of aryl methyl sites for hydroxylation is 1. The maximum absolute atomic E-state index is 11.7. The zero-order valence-electron chi connectivity index (χ0n) is 11.8. The minimum Gasteiger partial charge on any atom is -0.318 e. The Morgan fingerprint density at radius 1 is 1.09 bits per heavy atom. The lowest BCUT2D eigenvalue weighted by Gasteiger charge is -2.04. The number of hydrazone groups is 1. The molecule has 112 valence electrons. The van der Waals surface area contributed by atoms with E-state index >= 15 is 0 Å². The van der Waals surface area contributed by atoms with E-state index in [4.69, 9.17) is 0 Å². The summed E-state index contributed by atoms with van der Waals surface area (Å²) in [5, 5.41) is 6.25. The van der Waals surface area contributed by atoms with E-state index in [1.807, 2.05) is 37.3 Å². The molecule has 0 atom stereocenters. The lowest BCUT2D eigenvalue weighted by atomic mass is 10.2. The van der Waals surface area contributed by atoms with Crippen molar-refractivity contribution >= 4 is 39.6 Å². The van der Waals surface area contributed by atoms with Crippen LogP contribution >= 0.6 is 15.9 Å². The summed E-state index contributed by atoms with van der Waals surface area (Å²) in [6, 6.07) is 14.6. The van der Waals surface area contributed by atoms with Crippen LogP contribution in [0, 0.1) is 6.92 Å². The summed E-state index contributed by atoms with van der Waals surface area (Å²) >= 11 is 3.29. The van der Waals surface area contributed by atoms with Gasteiger partial charge < -0.3 is 5.32 Å². The van der Waals surface area contributed by atoms with Crippen molar-refractivity contribution in [2.45, 2.75) is 6.92 Å². The van der Waals surface area contributed by atoms with Gasteiger partial charge in [0.2, 0.25) is 0 Å². The molecule has 0 radical (unpaired) electrons. The molecule has 2 rings (SSSR count). The molecule has 2 N–H and O–H groups in total. The van der Waals surface area contributed by atoms with Crippen LogP contribution in [0.3, 0.4) is 0 Å². The van der Waals surface area contributed by atoms with Gasteiger partial charge in [-0.05, 0) is 30.7 Å². The average molecular weight is 360 g/mol. The Kier molecular flexibility index (Phi) is 5.43. The Hall–Kier alpha value is -2.47. The number of rotatable bonds is 3. The van der Waals surface area contributed by atoms with Crippen LogP contribution in [0.2, 0.25) is 0 Å². The molecule has 0 aliphatic heterocycles. The molecule has 0 aromatic heterocycles. The first-order valence-corrected chi connectivity index (χ1v) is 7.30. The molecule has 22 heavy (non-hydrogen) atoms. The number of halogens is 1. The molecule has 0 heterocycles. The van der Waals surface area contributed by atoms with Crippen LogP contribution in [0.15, 0.2) is 58.1 Å². The Balaban J connectivity index is 1.90. The molecule has 0 saturated carbocycles. The fraction of sp³-hybridized carbons (Fsp3) is 0.0625. The van der Waals surface area contributed by atoms with Crippen LogP contribution in [0.4, 0.5) is 5.69 Å². The molecule has 2 aromatic carbocycles. The highest BCUT2D eigenvalue weighted by Gasteiger charge is 2.12. The zero-order chi connectivity index (χ0) is 15.9. The van der Waals surface area contributed by atoms with Crippen molar-refractivity contribution in [3.8, 4) is 0 Å². The molecule has 0 unspecified atom stereocenters. The van der Waals surface area contributed by atoms with E-state index in [1.165, 1.54) is 6.21 Å². The Labute approximate surface area is 136 Å². The second-order valence-electron chi connectivity index (χ2n) is 4.58. The molecule has 0 aliphatic rings. The number of amides is 2. The van der Waals surface area contributed by atoms with E-state index in [1.54, 1.807) is 18.2 Å². The van der Waals surface area contributed by atoms with Gasteiger partial charge in [-0.15, -0.1) is 0 Å². The molecule has 0 bridgehead atoms. The van der Waals surface area contributed by atoms with Crippen LogP contribution in [-0.2, 0) is 9.59 Å². The van der Waals surface area contributed by atoms with E-state index in [0.717, 1.165) is 15.6 Å². The number of nitrogens with zero attached hydrogens (tertiary/aromatic N) is 1. The summed E-state index contributed by atoms with van der Waals surface area (Å²) in [6.07, 6.45) is 1.48. The van der Waals surface area contributed by atoms with Gasteiger partial charge >= 0.3 is 11.8 Å². The highest BCUT2D eigenvalue weighted by atomic mass is 79.9. The lowest BCUT2D eigenvalue weighted by Crippen LogP contribution is -2.32. The van der Waals surface area contributed by atoms with Gasteiger partial charge in [0, 0.05) is 10.2 Å². The summed E-state index contributed by atoms with van der Waals surface area (Å²) < 4.78 is 0.808. The number of hydrogen-bond donors (Lipinski definition) is 2. The van der Waals surface area contributed by atoms with Gasteiger partial charge in [-0.25, -0.2) is 5.43 Å². The third kappa shape index (κ3) is 4.82. The number of hydrogen-bond acceptors (Lipinski definition) is 3. The van der Waals surface area contributed by atoms with Gasteiger partial charge in [-0.2, -0.15) is 5.10 Å². The summed E-state index contributed by atoms with van der Waals surface area (Å²) in [5.41, 5.74) is 4.64. The maximum Gasteiger partial charge on any atom is 0.329 e. The molecular formula is C16H14BrN3O2. The molecule has 5 nitrogen and oxygen atoms in total. The van der Waals surface area contributed by atoms with Crippen LogP contribution in [0.1, 0.15) is 11.1 Å². The van der Waals surface area contributed by atoms with E-state index in [2.05, 4.69) is 31.8 Å². The minimum atomic E-state index is -0.830. The summed E-state index contributed by atoms with van der Waals surface area (Å²) in [7, 11) is 0. The molecule has 2 aromatic rings. The fourth-order valence-corrected chi connectivity index (χ4v) is 2.12. The first-order valence-electron chi connectivity index (χ1n) is 6.51. The summed E-state index contributed by atoms with van der Waals surface area (Å²) in [6.45, 7) is 1.96. The fourth-order valence-electron chi connectivity index (χ4n) is 1.72. The monoisotopic (exact) mass is 359 g/mol.